The van der Waals surface area contributed by atoms with E-state index in [1.54, 1.807) is 12.8 Å². The Balaban J connectivity index is 1.82. The molecule has 0 aromatic rings. The first kappa shape index (κ1) is 4.13. The van der Waals surface area contributed by atoms with Gasteiger partial charge in [-0.25, -0.2) is 0 Å². The first-order valence-corrected chi connectivity index (χ1v) is 4.98. The van der Waals surface area contributed by atoms with Gasteiger partial charge in [0.2, 0.25) is 0 Å². The molecule has 2 bridgehead atoms. The molecule has 6 aliphatic carbocycles. The van der Waals surface area contributed by atoms with Crippen molar-refractivity contribution >= 4 is 0 Å². The van der Waals surface area contributed by atoms with Gasteiger partial charge >= 0.3 is 0 Å². The third kappa shape index (κ3) is 0.163. The minimum absolute atomic E-state index is 1.27. The summed E-state index contributed by atoms with van der Waals surface area (Å²) in [5, 5.41) is 0. The van der Waals surface area contributed by atoms with Gasteiger partial charge in [-0.05, 0) is 60.2 Å². The Labute approximate surface area is 61.0 Å². The van der Waals surface area contributed by atoms with Crippen molar-refractivity contribution in [3.63, 3.8) is 0 Å². The van der Waals surface area contributed by atoms with Crippen molar-refractivity contribution in [2.75, 3.05) is 0 Å². The van der Waals surface area contributed by atoms with Gasteiger partial charge in [-0.3, -0.25) is 0 Å². The van der Waals surface area contributed by atoms with Crippen molar-refractivity contribution in [1.82, 2.24) is 0 Å². The minimum atomic E-state index is 1.27. The summed E-state index contributed by atoms with van der Waals surface area (Å²) in [4.78, 5) is 0. The van der Waals surface area contributed by atoms with Crippen molar-refractivity contribution in [1.29, 1.82) is 0 Å². The average molecular weight is 132 g/mol. The van der Waals surface area contributed by atoms with E-state index in [0.717, 1.165) is 0 Å². The lowest BCUT2D eigenvalue weighted by molar-refractivity contribution is -0.459. The van der Waals surface area contributed by atoms with E-state index in [1.807, 2.05) is 0 Å². The highest BCUT2D eigenvalue weighted by Crippen LogP contribution is 2.91. The second-order valence-corrected chi connectivity index (χ2v) is 5.37. The van der Waals surface area contributed by atoms with E-state index in [0.29, 0.717) is 0 Å². The molecule has 0 aromatic carbocycles. The standard InChI is InChI=1S/C10H12/c1-2-4-7-5-3(1)6-8(4)10(7)9(5)6/h3-10H,1-2H2. The molecule has 0 heteroatoms. The summed E-state index contributed by atoms with van der Waals surface area (Å²) in [5.74, 6) is 10.4. The van der Waals surface area contributed by atoms with Gasteiger partial charge in [0.05, 0.1) is 0 Å². The first-order chi connectivity index (χ1) is 4.98. The zero-order chi connectivity index (χ0) is 6.03. The van der Waals surface area contributed by atoms with Gasteiger partial charge < -0.3 is 0 Å². The summed E-state index contributed by atoms with van der Waals surface area (Å²) in [5.41, 5.74) is 0. The summed E-state index contributed by atoms with van der Waals surface area (Å²) < 4.78 is 0. The lowest BCUT2D eigenvalue weighted by Gasteiger charge is -2.93. The number of fused-ring (bicyclic) bond motifs is 1. The number of rotatable bonds is 0. The Bertz CT molecular complexity index is 185. The van der Waals surface area contributed by atoms with Crippen LogP contribution in [0.25, 0.3) is 0 Å². The fourth-order valence-electron chi connectivity index (χ4n) is 5.94. The van der Waals surface area contributed by atoms with Gasteiger partial charge in [-0.2, -0.15) is 0 Å². The Morgan fingerprint density at radius 1 is 0.500 bits per heavy atom. The zero-order valence-corrected chi connectivity index (χ0v) is 6.03. The molecule has 4 unspecified atom stereocenters. The molecule has 6 fully saturated rings. The number of hydrogen-bond donors (Lipinski definition) is 0. The van der Waals surface area contributed by atoms with Crippen LogP contribution in [0.15, 0.2) is 0 Å². The molecule has 0 nitrogen and oxygen atoms in total. The molecule has 0 spiro atoms. The maximum atomic E-state index is 1.64. The smallest absolute Gasteiger partial charge is 0.0312 e. The monoisotopic (exact) mass is 132 g/mol. The van der Waals surface area contributed by atoms with Crippen LogP contribution in [0.3, 0.4) is 0 Å². The third-order valence-corrected chi connectivity index (χ3v) is 5.92. The van der Waals surface area contributed by atoms with Crippen molar-refractivity contribution in [2.24, 2.45) is 47.3 Å². The summed E-state index contributed by atoms with van der Waals surface area (Å²) >= 11 is 0. The lowest BCUT2D eigenvalue weighted by Crippen LogP contribution is -2.89. The van der Waals surface area contributed by atoms with Crippen molar-refractivity contribution in [2.45, 2.75) is 12.8 Å². The summed E-state index contributed by atoms with van der Waals surface area (Å²) in [6.45, 7) is 0. The van der Waals surface area contributed by atoms with E-state index in [-0.39, 0.29) is 0 Å². The average Bonchev–Trinajstić information content (AvgIpc) is 1.85. The summed E-state index contributed by atoms with van der Waals surface area (Å²) in [7, 11) is 0. The van der Waals surface area contributed by atoms with Gasteiger partial charge in [-0.1, -0.05) is 0 Å². The maximum Gasteiger partial charge on any atom is -0.0312 e. The van der Waals surface area contributed by atoms with Crippen LogP contribution in [0.1, 0.15) is 12.8 Å². The molecule has 0 amide bonds. The van der Waals surface area contributed by atoms with E-state index in [1.165, 1.54) is 47.3 Å². The van der Waals surface area contributed by atoms with Crippen LogP contribution < -0.4 is 0 Å². The molecule has 4 atom stereocenters. The zero-order valence-electron chi connectivity index (χ0n) is 6.03. The second-order valence-electron chi connectivity index (χ2n) is 5.37. The van der Waals surface area contributed by atoms with Gasteiger partial charge in [0, 0.05) is 0 Å². The summed E-state index contributed by atoms with van der Waals surface area (Å²) in [6.07, 6.45) is 3.27. The topological polar surface area (TPSA) is 0 Å². The molecular formula is C10H12. The van der Waals surface area contributed by atoms with Crippen LogP contribution in [0.2, 0.25) is 0 Å². The fourth-order valence-corrected chi connectivity index (χ4v) is 5.94. The highest BCUT2D eigenvalue weighted by atomic mass is 14.9. The molecule has 0 heterocycles. The molecule has 6 saturated carbocycles. The molecule has 0 aromatic heterocycles. The molecule has 0 N–H and O–H groups in total. The quantitative estimate of drug-likeness (QED) is 0.471. The molecule has 52 valence electrons. The molecule has 10 heavy (non-hydrogen) atoms. The van der Waals surface area contributed by atoms with E-state index < -0.39 is 0 Å². The normalized spacial score (nSPS) is 91.2. The third-order valence-electron chi connectivity index (χ3n) is 5.92. The van der Waals surface area contributed by atoms with Crippen molar-refractivity contribution in [3.8, 4) is 0 Å². The predicted octanol–water partition coefficient (Wildman–Crippen LogP) is 1.76. The largest absolute Gasteiger partial charge is 0.0496 e. The fraction of sp³-hybridized carbons (Fsp3) is 1.00. The van der Waals surface area contributed by atoms with Gasteiger partial charge in [0.1, 0.15) is 0 Å². The SMILES string of the molecule is C1CC2C3C4C1C1C2C3C41. The van der Waals surface area contributed by atoms with Crippen LogP contribution in [0.4, 0.5) is 0 Å². The lowest BCUT2D eigenvalue weighted by atomic mass is 9.12. The van der Waals surface area contributed by atoms with Gasteiger partial charge in [0.25, 0.3) is 0 Å². The predicted molar refractivity (Wildman–Crippen MR) is 37.2 cm³/mol. The first-order valence-electron chi connectivity index (χ1n) is 4.98. The van der Waals surface area contributed by atoms with E-state index in [9.17, 15) is 0 Å². The Morgan fingerprint density at radius 3 is 1.20 bits per heavy atom. The Hall–Kier alpha value is 0. The molecule has 6 rings (SSSR count). The minimum Gasteiger partial charge on any atom is -0.0496 e. The van der Waals surface area contributed by atoms with Gasteiger partial charge in [0.15, 0.2) is 0 Å². The Morgan fingerprint density at radius 2 is 0.900 bits per heavy atom. The maximum absolute atomic E-state index is 1.64. The van der Waals surface area contributed by atoms with Gasteiger partial charge in [-0.15, -0.1) is 0 Å². The van der Waals surface area contributed by atoms with Crippen LogP contribution in [0, 0.1) is 47.3 Å². The second kappa shape index (κ2) is 0.852. The molecule has 0 radical (unpaired) electrons. The highest BCUT2D eigenvalue weighted by Gasteiger charge is 2.87. The summed E-state index contributed by atoms with van der Waals surface area (Å²) in [6, 6.07) is 0. The van der Waals surface area contributed by atoms with E-state index >= 15 is 0 Å². The van der Waals surface area contributed by atoms with E-state index in [2.05, 4.69) is 0 Å². The Kier molecular flexibility index (Phi) is 0.352. The van der Waals surface area contributed by atoms with Crippen LogP contribution in [-0.4, -0.2) is 0 Å². The van der Waals surface area contributed by atoms with E-state index in [4.69, 9.17) is 0 Å². The molecule has 0 saturated heterocycles. The molecule has 6 aliphatic rings. The number of hydrogen-bond acceptors (Lipinski definition) is 0. The van der Waals surface area contributed by atoms with Crippen LogP contribution >= 0.6 is 0 Å². The van der Waals surface area contributed by atoms with Crippen LogP contribution in [0.5, 0.6) is 0 Å². The molecule has 0 aliphatic heterocycles. The van der Waals surface area contributed by atoms with Crippen molar-refractivity contribution in [3.05, 3.63) is 0 Å². The highest BCUT2D eigenvalue weighted by molar-refractivity contribution is 5.34. The van der Waals surface area contributed by atoms with Crippen molar-refractivity contribution < 1.29 is 0 Å². The van der Waals surface area contributed by atoms with Crippen LogP contribution in [-0.2, 0) is 0 Å². The molecular weight excluding hydrogens is 120 g/mol.